The van der Waals surface area contributed by atoms with Crippen molar-refractivity contribution in [2.45, 2.75) is 53.6 Å². The summed E-state index contributed by atoms with van der Waals surface area (Å²) in [6.45, 7) is 13.4. The van der Waals surface area contributed by atoms with Gasteiger partial charge in [-0.2, -0.15) is 0 Å². The van der Waals surface area contributed by atoms with Crippen LogP contribution in [-0.4, -0.2) is 29.7 Å². The van der Waals surface area contributed by atoms with Crippen LogP contribution in [0.2, 0.25) is 0 Å². The summed E-state index contributed by atoms with van der Waals surface area (Å²) in [5.41, 5.74) is 2.96. The number of amides is 1. The van der Waals surface area contributed by atoms with Gasteiger partial charge in [0.2, 0.25) is 0 Å². The molecule has 134 valence electrons. The van der Waals surface area contributed by atoms with E-state index in [4.69, 9.17) is 4.74 Å². The van der Waals surface area contributed by atoms with Crippen LogP contribution in [0.4, 0.5) is 4.79 Å². The van der Waals surface area contributed by atoms with E-state index >= 15 is 0 Å². The molecular weight excluding hydrogens is 310 g/mol. The zero-order chi connectivity index (χ0) is 18.7. The molecule has 1 saturated heterocycles. The first-order chi connectivity index (χ1) is 11.6. The molecule has 0 unspecified atom stereocenters. The van der Waals surface area contributed by atoms with Crippen LogP contribution in [0.15, 0.2) is 35.9 Å². The monoisotopic (exact) mass is 339 g/mol. The van der Waals surface area contributed by atoms with Gasteiger partial charge in [0.05, 0.1) is 0 Å². The van der Waals surface area contributed by atoms with E-state index in [1.807, 2.05) is 39.0 Å². The van der Waals surface area contributed by atoms with Crippen molar-refractivity contribution in [2.75, 3.05) is 13.1 Å². The fraction of sp³-hybridized carbons (Fsp3) is 0.500. The third kappa shape index (κ3) is 5.67. The van der Waals surface area contributed by atoms with Gasteiger partial charge in [-0.05, 0) is 57.9 Å². The van der Waals surface area contributed by atoms with Crippen LogP contribution < -0.4 is 0 Å². The Bertz CT molecular complexity index is 726. The van der Waals surface area contributed by atoms with E-state index < -0.39 is 5.60 Å². The Morgan fingerprint density at radius 3 is 2.64 bits per heavy atom. The number of likely N-dealkylation sites (tertiary alicyclic amines) is 1. The Labute approximate surface area is 152 Å². The maximum atomic E-state index is 12.3. The Hall–Kier alpha value is -2.21. The minimum absolute atomic E-state index is 0.101. The number of allylic oxidation sites excluding steroid dienone is 1. The molecule has 3 heteroatoms. The average molecular weight is 339 g/mol. The van der Waals surface area contributed by atoms with Crippen LogP contribution in [0.25, 0.3) is 0 Å². The van der Waals surface area contributed by atoms with E-state index in [9.17, 15) is 4.79 Å². The summed E-state index contributed by atoms with van der Waals surface area (Å²) in [6, 6.07) is 8.20. The van der Waals surface area contributed by atoms with Crippen LogP contribution >= 0.6 is 0 Å². The quantitative estimate of drug-likeness (QED) is 0.627. The van der Waals surface area contributed by atoms with Crippen LogP contribution in [0.5, 0.6) is 0 Å². The van der Waals surface area contributed by atoms with Crippen LogP contribution in [-0.2, 0) is 4.74 Å². The highest BCUT2D eigenvalue weighted by Gasteiger charge is 2.34. The Morgan fingerprint density at radius 1 is 1.32 bits per heavy atom. The summed E-state index contributed by atoms with van der Waals surface area (Å²) in [4.78, 5) is 14.1. The van der Waals surface area contributed by atoms with Gasteiger partial charge in [-0.3, -0.25) is 0 Å². The smallest absolute Gasteiger partial charge is 0.410 e. The largest absolute Gasteiger partial charge is 0.444 e. The normalized spacial score (nSPS) is 18.5. The van der Waals surface area contributed by atoms with E-state index in [2.05, 4.69) is 44.7 Å². The van der Waals surface area contributed by atoms with Gasteiger partial charge in [0.25, 0.3) is 0 Å². The van der Waals surface area contributed by atoms with E-state index in [0.29, 0.717) is 13.1 Å². The molecule has 1 heterocycles. The molecule has 1 aromatic carbocycles. The minimum Gasteiger partial charge on any atom is -0.444 e. The molecule has 1 aliphatic rings. The number of aryl methyl sites for hydroxylation is 1. The lowest BCUT2D eigenvalue weighted by atomic mass is 9.79. The van der Waals surface area contributed by atoms with E-state index in [0.717, 1.165) is 12.0 Å². The van der Waals surface area contributed by atoms with Crippen LogP contribution in [0.1, 0.15) is 52.2 Å². The molecule has 0 N–H and O–H groups in total. The predicted molar refractivity (Wildman–Crippen MR) is 102 cm³/mol. The SMILES string of the molecule is Cc1cccc(C#C/C=C2\CCN(C(=O)OC(C)(C)C)CC2(C)C)c1. The number of hydrogen-bond donors (Lipinski definition) is 0. The van der Waals surface area contributed by atoms with Gasteiger partial charge in [0.15, 0.2) is 0 Å². The highest BCUT2D eigenvalue weighted by atomic mass is 16.6. The van der Waals surface area contributed by atoms with Gasteiger partial charge in [-0.15, -0.1) is 0 Å². The number of piperidine rings is 1. The molecule has 2 rings (SSSR count). The first kappa shape index (κ1) is 19.1. The van der Waals surface area contributed by atoms with Gasteiger partial charge in [0, 0.05) is 24.1 Å². The summed E-state index contributed by atoms with van der Waals surface area (Å²) in [7, 11) is 0. The zero-order valence-electron chi connectivity index (χ0n) is 16.3. The van der Waals surface area contributed by atoms with Crippen molar-refractivity contribution in [3.63, 3.8) is 0 Å². The van der Waals surface area contributed by atoms with Crippen LogP contribution in [0.3, 0.4) is 0 Å². The Kier molecular flexibility index (Phi) is 5.62. The molecule has 0 atom stereocenters. The lowest BCUT2D eigenvalue weighted by Gasteiger charge is -2.40. The standard InChI is InChI=1S/C22H29NO2/c1-17-9-7-10-18(15-17)11-8-12-19-13-14-23(16-22(19,5)6)20(24)25-21(2,3)4/h7,9-10,12,15H,13-14,16H2,1-6H3/b19-12+. The highest BCUT2D eigenvalue weighted by Crippen LogP contribution is 2.34. The van der Waals surface area contributed by atoms with Crippen molar-refractivity contribution in [3.05, 3.63) is 47.0 Å². The number of hydrogen-bond acceptors (Lipinski definition) is 2. The molecule has 3 nitrogen and oxygen atoms in total. The lowest BCUT2D eigenvalue weighted by Crippen LogP contribution is -2.46. The van der Waals surface area contributed by atoms with E-state index in [-0.39, 0.29) is 11.5 Å². The number of ether oxygens (including phenoxy) is 1. The summed E-state index contributed by atoms with van der Waals surface area (Å²) < 4.78 is 5.50. The molecule has 0 aromatic heterocycles. The number of nitrogens with zero attached hydrogens (tertiary/aromatic N) is 1. The van der Waals surface area contributed by atoms with Crippen molar-refractivity contribution < 1.29 is 9.53 Å². The van der Waals surface area contributed by atoms with Crippen LogP contribution in [0, 0.1) is 24.2 Å². The molecule has 0 spiro atoms. The molecule has 1 aliphatic heterocycles. The first-order valence-corrected chi connectivity index (χ1v) is 8.82. The maximum absolute atomic E-state index is 12.3. The molecule has 1 amide bonds. The van der Waals surface area contributed by atoms with Crippen molar-refractivity contribution >= 4 is 6.09 Å². The second-order valence-electron chi connectivity index (χ2n) is 8.34. The van der Waals surface area contributed by atoms with Crippen molar-refractivity contribution in [3.8, 4) is 11.8 Å². The lowest BCUT2D eigenvalue weighted by molar-refractivity contribution is 0.0157. The molecule has 1 fully saturated rings. The van der Waals surface area contributed by atoms with Gasteiger partial charge in [-0.1, -0.05) is 43.4 Å². The third-order valence-corrected chi connectivity index (χ3v) is 4.24. The molecular formula is C22H29NO2. The molecule has 0 radical (unpaired) electrons. The summed E-state index contributed by atoms with van der Waals surface area (Å²) in [5, 5.41) is 0. The minimum atomic E-state index is -0.462. The van der Waals surface area contributed by atoms with E-state index in [1.54, 1.807) is 4.90 Å². The topological polar surface area (TPSA) is 29.5 Å². The third-order valence-electron chi connectivity index (χ3n) is 4.24. The molecule has 25 heavy (non-hydrogen) atoms. The van der Waals surface area contributed by atoms with Crippen molar-refractivity contribution in [1.29, 1.82) is 0 Å². The van der Waals surface area contributed by atoms with Gasteiger partial charge >= 0.3 is 6.09 Å². The first-order valence-electron chi connectivity index (χ1n) is 8.82. The summed E-state index contributed by atoms with van der Waals surface area (Å²) in [5.74, 6) is 6.39. The van der Waals surface area contributed by atoms with Crippen molar-refractivity contribution in [2.24, 2.45) is 5.41 Å². The summed E-state index contributed by atoms with van der Waals surface area (Å²) in [6.07, 6.45) is 2.62. The number of benzene rings is 1. The summed E-state index contributed by atoms with van der Waals surface area (Å²) >= 11 is 0. The van der Waals surface area contributed by atoms with Gasteiger partial charge < -0.3 is 9.64 Å². The fourth-order valence-corrected chi connectivity index (χ4v) is 2.93. The highest BCUT2D eigenvalue weighted by molar-refractivity contribution is 5.68. The molecule has 1 aromatic rings. The predicted octanol–water partition coefficient (Wildman–Crippen LogP) is 4.94. The Balaban J connectivity index is 2.07. The zero-order valence-corrected chi connectivity index (χ0v) is 16.3. The van der Waals surface area contributed by atoms with Gasteiger partial charge in [0.1, 0.15) is 5.60 Å². The molecule has 0 bridgehead atoms. The molecule has 0 aliphatic carbocycles. The number of carbonyl (C=O) groups excluding carboxylic acids is 1. The van der Waals surface area contributed by atoms with E-state index in [1.165, 1.54) is 11.1 Å². The maximum Gasteiger partial charge on any atom is 0.410 e. The Morgan fingerprint density at radius 2 is 2.04 bits per heavy atom. The molecule has 0 saturated carbocycles. The number of rotatable bonds is 0. The van der Waals surface area contributed by atoms with Crippen molar-refractivity contribution in [1.82, 2.24) is 4.90 Å². The average Bonchev–Trinajstić information content (AvgIpc) is 2.46. The fourth-order valence-electron chi connectivity index (χ4n) is 2.93. The second kappa shape index (κ2) is 7.35. The number of carbonyl (C=O) groups is 1. The van der Waals surface area contributed by atoms with Gasteiger partial charge in [-0.25, -0.2) is 4.79 Å². The second-order valence-corrected chi connectivity index (χ2v) is 8.34.